The Hall–Kier alpha value is -0.930. The molecule has 1 fully saturated rings. The number of pyridine rings is 1. The molecule has 1 aliphatic rings. The molecule has 0 saturated carbocycles. The maximum absolute atomic E-state index is 5.99. The Labute approximate surface area is 137 Å². The number of nitrogens with two attached hydrogens (primary N) is 1. The quantitative estimate of drug-likeness (QED) is 0.793. The van der Waals surface area contributed by atoms with Crippen LogP contribution in [-0.2, 0) is 4.74 Å². The Balaban J connectivity index is 1.78. The van der Waals surface area contributed by atoms with Gasteiger partial charge in [-0.2, -0.15) is 5.10 Å². The van der Waals surface area contributed by atoms with Gasteiger partial charge in [0.15, 0.2) is 0 Å². The van der Waals surface area contributed by atoms with Crippen molar-refractivity contribution >= 4 is 39.3 Å². The van der Waals surface area contributed by atoms with Crippen molar-refractivity contribution in [2.24, 2.45) is 0 Å². The molecule has 3 heterocycles. The van der Waals surface area contributed by atoms with Crippen molar-refractivity contribution in [3.8, 4) is 0 Å². The number of hydrogen-bond donors (Lipinski definition) is 1. The van der Waals surface area contributed by atoms with Crippen molar-refractivity contribution in [3.05, 3.63) is 16.0 Å². The second kappa shape index (κ2) is 6.45. The zero-order valence-electron chi connectivity index (χ0n) is 12.1. The lowest BCUT2D eigenvalue weighted by Crippen LogP contribution is -2.36. The van der Waals surface area contributed by atoms with Gasteiger partial charge in [-0.1, -0.05) is 0 Å². The van der Waals surface area contributed by atoms with E-state index in [1.54, 1.807) is 13.3 Å². The zero-order chi connectivity index (χ0) is 14.8. The van der Waals surface area contributed by atoms with Crippen molar-refractivity contribution < 1.29 is 4.74 Å². The summed E-state index contributed by atoms with van der Waals surface area (Å²) in [6.07, 6.45) is 3.98. The lowest BCUT2D eigenvalue weighted by atomic mass is 10.1. The number of likely N-dealkylation sites (tertiary alicyclic amines) is 1. The Bertz CT molecular complexity index is 621. The van der Waals surface area contributed by atoms with Gasteiger partial charge in [-0.05, 0) is 41.5 Å². The number of rotatable bonds is 4. The van der Waals surface area contributed by atoms with Crippen LogP contribution in [0, 0.1) is 3.70 Å². The summed E-state index contributed by atoms with van der Waals surface area (Å²) in [5.74, 6) is 0.570. The number of fused-ring (bicyclic) bond motifs is 1. The Morgan fingerprint density at radius 2 is 2.19 bits per heavy atom. The van der Waals surface area contributed by atoms with E-state index in [4.69, 9.17) is 15.6 Å². The Morgan fingerprint density at radius 3 is 2.90 bits per heavy atom. The highest BCUT2D eigenvalue weighted by Crippen LogP contribution is 2.30. The van der Waals surface area contributed by atoms with Crippen molar-refractivity contribution in [1.29, 1.82) is 0 Å². The molecule has 3 rings (SSSR count). The third-order valence-corrected chi connectivity index (χ3v) is 4.88. The molecule has 2 aromatic rings. The van der Waals surface area contributed by atoms with Gasteiger partial charge < -0.3 is 15.4 Å². The van der Waals surface area contributed by atoms with Gasteiger partial charge in [0.2, 0.25) is 0 Å². The van der Waals surface area contributed by atoms with Crippen LogP contribution in [0.2, 0.25) is 0 Å². The van der Waals surface area contributed by atoms with Crippen molar-refractivity contribution in [2.45, 2.75) is 18.9 Å². The van der Waals surface area contributed by atoms with Gasteiger partial charge in [-0.25, -0.2) is 4.98 Å². The third-order valence-electron chi connectivity index (χ3n) is 4.12. The lowest BCUT2D eigenvalue weighted by molar-refractivity contribution is 0.120. The second-order valence-corrected chi connectivity index (χ2v) is 6.41. The van der Waals surface area contributed by atoms with Crippen LogP contribution in [0.15, 0.2) is 12.3 Å². The minimum absolute atomic E-state index is 0.441. The summed E-state index contributed by atoms with van der Waals surface area (Å²) in [4.78, 5) is 6.62. The van der Waals surface area contributed by atoms with Gasteiger partial charge in [0.1, 0.15) is 9.52 Å². The fourth-order valence-electron chi connectivity index (χ4n) is 2.95. The molecule has 21 heavy (non-hydrogen) atoms. The van der Waals surface area contributed by atoms with E-state index >= 15 is 0 Å². The molecule has 0 radical (unpaired) electrons. The largest absolute Gasteiger partial charge is 0.383 e. The molecule has 2 aromatic heterocycles. The molecule has 114 valence electrons. The molecule has 0 amide bonds. The summed E-state index contributed by atoms with van der Waals surface area (Å²) in [5, 5.41) is 5.69. The molecule has 0 atom stereocenters. The highest BCUT2D eigenvalue weighted by atomic mass is 127. The predicted molar refractivity (Wildman–Crippen MR) is 91.2 cm³/mol. The summed E-state index contributed by atoms with van der Waals surface area (Å²) in [5.41, 5.74) is 7.08. The monoisotopic (exact) mass is 401 g/mol. The van der Waals surface area contributed by atoms with E-state index in [9.17, 15) is 0 Å². The summed E-state index contributed by atoms with van der Waals surface area (Å²) < 4.78 is 8.23. The molecule has 0 bridgehead atoms. The van der Waals surface area contributed by atoms with E-state index in [2.05, 4.69) is 37.2 Å². The molecular formula is C14H20IN5O. The second-order valence-electron chi connectivity index (χ2n) is 5.39. The van der Waals surface area contributed by atoms with E-state index in [1.165, 1.54) is 0 Å². The normalized spacial score (nSPS) is 17.6. The van der Waals surface area contributed by atoms with E-state index < -0.39 is 0 Å². The first-order chi connectivity index (χ1) is 10.2. The van der Waals surface area contributed by atoms with Crippen LogP contribution in [0.5, 0.6) is 0 Å². The molecule has 0 unspecified atom stereocenters. The molecule has 1 saturated heterocycles. The van der Waals surface area contributed by atoms with Crippen LogP contribution in [0.3, 0.4) is 0 Å². The smallest absolute Gasteiger partial charge is 0.135 e. The van der Waals surface area contributed by atoms with Gasteiger partial charge in [-0.3, -0.25) is 4.68 Å². The molecule has 0 aliphatic carbocycles. The van der Waals surface area contributed by atoms with E-state index in [-0.39, 0.29) is 0 Å². The average molecular weight is 401 g/mol. The van der Waals surface area contributed by atoms with Gasteiger partial charge in [0.05, 0.1) is 23.6 Å². The summed E-state index contributed by atoms with van der Waals surface area (Å²) in [7, 11) is 1.75. The molecule has 1 aliphatic heterocycles. The Morgan fingerprint density at radius 1 is 1.43 bits per heavy atom. The predicted octanol–water partition coefficient (Wildman–Crippen LogP) is 1.90. The van der Waals surface area contributed by atoms with Crippen LogP contribution in [0.1, 0.15) is 18.9 Å². The third kappa shape index (κ3) is 3.00. The topological polar surface area (TPSA) is 69.2 Å². The highest BCUT2D eigenvalue weighted by molar-refractivity contribution is 14.1. The summed E-state index contributed by atoms with van der Waals surface area (Å²) >= 11 is 2.24. The molecular weight excluding hydrogens is 381 g/mol. The van der Waals surface area contributed by atoms with Gasteiger partial charge >= 0.3 is 0 Å². The fraction of sp³-hybridized carbons (Fsp3) is 0.571. The van der Waals surface area contributed by atoms with Crippen LogP contribution >= 0.6 is 22.6 Å². The maximum Gasteiger partial charge on any atom is 0.135 e. The first kappa shape index (κ1) is 15.0. The number of aromatic nitrogens is 3. The lowest BCUT2D eigenvalue weighted by Gasteiger charge is -2.32. The average Bonchev–Trinajstić information content (AvgIpc) is 2.84. The summed E-state index contributed by atoms with van der Waals surface area (Å²) in [6.45, 7) is 3.99. The van der Waals surface area contributed by atoms with Crippen LogP contribution in [0.25, 0.3) is 10.9 Å². The number of methoxy groups -OCH3 is 1. The van der Waals surface area contributed by atoms with Crippen LogP contribution < -0.4 is 5.73 Å². The molecule has 2 N–H and O–H groups in total. The fourth-order valence-corrected chi connectivity index (χ4v) is 3.74. The van der Waals surface area contributed by atoms with Crippen LogP contribution in [0.4, 0.5) is 5.82 Å². The number of anilines is 1. The zero-order valence-corrected chi connectivity index (χ0v) is 14.3. The van der Waals surface area contributed by atoms with E-state index in [0.29, 0.717) is 11.9 Å². The first-order valence-electron chi connectivity index (χ1n) is 7.20. The molecule has 7 heteroatoms. The summed E-state index contributed by atoms with van der Waals surface area (Å²) in [6, 6.07) is 2.45. The van der Waals surface area contributed by atoms with Crippen molar-refractivity contribution in [3.63, 3.8) is 0 Å². The van der Waals surface area contributed by atoms with Crippen molar-refractivity contribution in [1.82, 2.24) is 19.7 Å². The highest BCUT2D eigenvalue weighted by Gasteiger charge is 2.23. The minimum atomic E-state index is 0.441. The van der Waals surface area contributed by atoms with Crippen molar-refractivity contribution in [2.75, 3.05) is 39.1 Å². The number of nitrogen functional groups attached to an aromatic ring is 1. The minimum Gasteiger partial charge on any atom is -0.383 e. The Kier molecular flexibility index (Phi) is 4.60. The molecule has 6 nitrogen and oxygen atoms in total. The number of halogens is 1. The van der Waals surface area contributed by atoms with Crippen LogP contribution in [-0.4, -0.2) is 53.0 Å². The number of ether oxygens (including phenoxy) is 1. The standard InChI is InChI=1S/C14H20IN5O/c1-21-9-8-19-6-3-10(4-7-19)20-11-2-5-17-14(16)12(11)13(15)18-20/h2,5,10H,3-4,6-9H2,1H3,(H2,16,17). The first-order valence-corrected chi connectivity index (χ1v) is 8.28. The number of nitrogens with zero attached hydrogens (tertiary/aromatic N) is 4. The number of piperidine rings is 1. The SMILES string of the molecule is COCCN1CCC(n2nc(I)c3c(N)nccc32)CC1. The molecule has 0 aromatic carbocycles. The van der Waals surface area contributed by atoms with E-state index in [1.807, 2.05) is 6.07 Å². The molecule has 0 spiro atoms. The van der Waals surface area contributed by atoms with Gasteiger partial charge in [-0.15, -0.1) is 0 Å². The van der Waals surface area contributed by atoms with Gasteiger partial charge in [0, 0.05) is 32.9 Å². The number of hydrogen-bond acceptors (Lipinski definition) is 5. The maximum atomic E-state index is 5.99. The van der Waals surface area contributed by atoms with Gasteiger partial charge in [0.25, 0.3) is 0 Å². The van der Waals surface area contributed by atoms with E-state index in [0.717, 1.165) is 53.7 Å².